The first kappa shape index (κ1) is 20.3. The van der Waals surface area contributed by atoms with Gasteiger partial charge in [0.05, 0.1) is 6.42 Å². The highest BCUT2D eigenvalue weighted by Crippen LogP contribution is 2.17. The summed E-state index contributed by atoms with van der Waals surface area (Å²) < 4.78 is 13.3. The van der Waals surface area contributed by atoms with Crippen LogP contribution in [-0.2, 0) is 24.2 Å². The van der Waals surface area contributed by atoms with Crippen LogP contribution in [0.3, 0.4) is 0 Å². The number of amides is 1. The highest BCUT2D eigenvalue weighted by molar-refractivity contribution is 5.80. The number of fused-ring (bicyclic) bond motifs is 1. The van der Waals surface area contributed by atoms with E-state index in [2.05, 4.69) is 22.0 Å². The minimum absolute atomic E-state index is 0.0208. The van der Waals surface area contributed by atoms with E-state index in [4.69, 9.17) is 0 Å². The highest BCUT2D eigenvalue weighted by Gasteiger charge is 2.21. The molecule has 5 nitrogen and oxygen atoms in total. The molecule has 1 aliphatic heterocycles. The number of benzene rings is 2. The van der Waals surface area contributed by atoms with Gasteiger partial charge in [0, 0.05) is 43.8 Å². The molecule has 0 unspecified atom stereocenters. The summed E-state index contributed by atoms with van der Waals surface area (Å²) >= 11 is 0. The summed E-state index contributed by atoms with van der Waals surface area (Å²) in [7, 11) is 0. The standard InChI is InChI=1S/C24H26FN3O2/c1-2-19-15-20-7-6-18(13-22(20)26-24(19)30)16-27-8-10-28(11-9-27)23(29)14-17-4-3-5-21(25)12-17/h3-7,12-13,15H,2,8-11,14,16H2,1H3,(H,26,30). The van der Waals surface area contributed by atoms with Gasteiger partial charge in [0.2, 0.25) is 5.91 Å². The van der Waals surface area contributed by atoms with Crippen LogP contribution < -0.4 is 5.56 Å². The molecule has 3 aromatic rings. The first-order valence-electron chi connectivity index (χ1n) is 10.4. The molecule has 0 atom stereocenters. The average Bonchev–Trinajstić information content (AvgIpc) is 2.73. The lowest BCUT2D eigenvalue weighted by molar-refractivity contribution is -0.132. The van der Waals surface area contributed by atoms with E-state index in [1.165, 1.54) is 12.1 Å². The van der Waals surface area contributed by atoms with Crippen molar-refractivity contribution >= 4 is 16.8 Å². The molecule has 0 saturated carbocycles. The Morgan fingerprint density at radius 2 is 1.83 bits per heavy atom. The molecule has 1 aromatic heterocycles. The summed E-state index contributed by atoms with van der Waals surface area (Å²) in [5, 5.41) is 1.04. The Kier molecular flexibility index (Phi) is 5.95. The minimum atomic E-state index is -0.312. The molecule has 0 aliphatic carbocycles. The quantitative estimate of drug-likeness (QED) is 0.707. The van der Waals surface area contributed by atoms with E-state index in [1.54, 1.807) is 12.1 Å². The molecule has 1 aliphatic rings. The number of nitrogens with one attached hydrogen (secondary N) is 1. The lowest BCUT2D eigenvalue weighted by Crippen LogP contribution is -2.48. The van der Waals surface area contributed by atoms with Crippen LogP contribution in [-0.4, -0.2) is 46.9 Å². The van der Waals surface area contributed by atoms with Gasteiger partial charge in [-0.3, -0.25) is 14.5 Å². The second-order valence-corrected chi connectivity index (χ2v) is 7.86. The Morgan fingerprint density at radius 3 is 2.57 bits per heavy atom. The number of carbonyl (C=O) groups is 1. The molecule has 1 N–H and O–H groups in total. The predicted molar refractivity (Wildman–Crippen MR) is 116 cm³/mol. The zero-order valence-corrected chi connectivity index (χ0v) is 17.2. The monoisotopic (exact) mass is 407 g/mol. The van der Waals surface area contributed by atoms with Crippen LogP contribution in [0.5, 0.6) is 0 Å². The number of aromatic nitrogens is 1. The molecule has 2 heterocycles. The molecular formula is C24H26FN3O2. The third kappa shape index (κ3) is 4.60. The fourth-order valence-corrected chi connectivity index (χ4v) is 4.00. The molecule has 1 amide bonds. The first-order chi connectivity index (χ1) is 14.5. The number of hydrogen-bond donors (Lipinski definition) is 1. The van der Waals surface area contributed by atoms with Gasteiger partial charge in [-0.05, 0) is 47.2 Å². The van der Waals surface area contributed by atoms with Crippen molar-refractivity contribution in [1.29, 1.82) is 0 Å². The number of nitrogens with zero attached hydrogens (tertiary/aromatic N) is 2. The van der Waals surface area contributed by atoms with E-state index in [0.717, 1.165) is 48.1 Å². The van der Waals surface area contributed by atoms with Gasteiger partial charge in [0.15, 0.2) is 0 Å². The zero-order valence-electron chi connectivity index (χ0n) is 17.2. The van der Waals surface area contributed by atoms with E-state index in [9.17, 15) is 14.0 Å². The van der Waals surface area contributed by atoms with E-state index < -0.39 is 0 Å². The molecule has 1 saturated heterocycles. The number of piperazine rings is 1. The van der Waals surface area contributed by atoms with Crippen LogP contribution >= 0.6 is 0 Å². The van der Waals surface area contributed by atoms with Crippen LogP contribution in [0.15, 0.2) is 53.3 Å². The van der Waals surface area contributed by atoms with Crippen LogP contribution in [0.25, 0.3) is 10.9 Å². The largest absolute Gasteiger partial charge is 0.340 e. The van der Waals surface area contributed by atoms with Crippen LogP contribution in [0.1, 0.15) is 23.6 Å². The molecule has 0 spiro atoms. The van der Waals surface area contributed by atoms with E-state index >= 15 is 0 Å². The number of pyridine rings is 1. The lowest BCUT2D eigenvalue weighted by atomic mass is 10.1. The van der Waals surface area contributed by atoms with Gasteiger partial charge in [-0.1, -0.05) is 31.2 Å². The van der Waals surface area contributed by atoms with Gasteiger partial charge in [-0.2, -0.15) is 0 Å². The third-order valence-electron chi connectivity index (χ3n) is 5.74. The number of carbonyl (C=O) groups excluding carboxylic acids is 1. The van der Waals surface area contributed by atoms with Crippen molar-refractivity contribution in [3.8, 4) is 0 Å². The fraction of sp³-hybridized carbons (Fsp3) is 0.333. The molecule has 156 valence electrons. The summed E-state index contributed by atoms with van der Waals surface area (Å²) in [6, 6.07) is 14.4. The lowest BCUT2D eigenvalue weighted by Gasteiger charge is -2.35. The Morgan fingerprint density at radius 1 is 1.03 bits per heavy atom. The maximum absolute atomic E-state index is 13.3. The summed E-state index contributed by atoms with van der Waals surface area (Å²) in [5.74, 6) is -0.275. The van der Waals surface area contributed by atoms with Gasteiger partial charge in [0.1, 0.15) is 5.82 Å². The van der Waals surface area contributed by atoms with Crippen molar-refractivity contribution in [1.82, 2.24) is 14.8 Å². The summed E-state index contributed by atoms with van der Waals surface area (Å²) in [4.78, 5) is 31.8. The number of aryl methyl sites for hydroxylation is 1. The van der Waals surface area contributed by atoms with E-state index in [-0.39, 0.29) is 23.7 Å². The normalized spacial score (nSPS) is 14.9. The smallest absolute Gasteiger partial charge is 0.251 e. The maximum Gasteiger partial charge on any atom is 0.251 e. The summed E-state index contributed by atoms with van der Waals surface area (Å²) in [6.45, 7) is 5.67. The molecule has 0 radical (unpaired) electrons. The van der Waals surface area contributed by atoms with Gasteiger partial charge in [-0.25, -0.2) is 4.39 Å². The van der Waals surface area contributed by atoms with Gasteiger partial charge < -0.3 is 9.88 Å². The number of hydrogen-bond acceptors (Lipinski definition) is 3. The van der Waals surface area contributed by atoms with Crippen molar-refractivity contribution in [3.05, 3.63) is 81.4 Å². The predicted octanol–water partition coefficient (Wildman–Crippen LogP) is 3.12. The van der Waals surface area contributed by atoms with Gasteiger partial charge in [-0.15, -0.1) is 0 Å². The third-order valence-corrected chi connectivity index (χ3v) is 5.74. The second kappa shape index (κ2) is 8.79. The molecule has 0 bridgehead atoms. The van der Waals surface area contributed by atoms with Crippen molar-refractivity contribution in [3.63, 3.8) is 0 Å². The second-order valence-electron chi connectivity index (χ2n) is 7.86. The highest BCUT2D eigenvalue weighted by atomic mass is 19.1. The van der Waals surface area contributed by atoms with Gasteiger partial charge >= 0.3 is 0 Å². The van der Waals surface area contributed by atoms with Crippen molar-refractivity contribution in [2.75, 3.05) is 26.2 Å². The number of halogens is 1. The van der Waals surface area contributed by atoms with Gasteiger partial charge in [0.25, 0.3) is 5.56 Å². The van der Waals surface area contributed by atoms with E-state index in [1.807, 2.05) is 24.0 Å². The summed E-state index contributed by atoms with van der Waals surface area (Å²) in [6.07, 6.45) is 0.949. The van der Waals surface area contributed by atoms with E-state index in [0.29, 0.717) is 18.7 Å². The minimum Gasteiger partial charge on any atom is -0.340 e. The number of aromatic amines is 1. The topological polar surface area (TPSA) is 56.4 Å². The number of rotatable bonds is 5. The zero-order chi connectivity index (χ0) is 21.1. The molecular weight excluding hydrogens is 381 g/mol. The Labute approximate surface area is 175 Å². The number of H-pyrrole nitrogens is 1. The van der Waals surface area contributed by atoms with Crippen LogP contribution in [0.2, 0.25) is 0 Å². The SMILES string of the molecule is CCc1cc2ccc(CN3CCN(C(=O)Cc4cccc(F)c4)CC3)cc2[nH]c1=O. The molecule has 1 fully saturated rings. The first-order valence-corrected chi connectivity index (χ1v) is 10.4. The molecule has 6 heteroatoms. The summed E-state index contributed by atoms with van der Waals surface area (Å²) in [5.41, 5.74) is 3.49. The Balaban J connectivity index is 1.35. The average molecular weight is 407 g/mol. The molecule has 30 heavy (non-hydrogen) atoms. The molecule has 2 aromatic carbocycles. The van der Waals surface area contributed by atoms with Crippen molar-refractivity contribution in [2.45, 2.75) is 26.3 Å². The van der Waals surface area contributed by atoms with Crippen LogP contribution in [0, 0.1) is 5.82 Å². The maximum atomic E-state index is 13.3. The van der Waals surface area contributed by atoms with Crippen LogP contribution in [0.4, 0.5) is 4.39 Å². The van der Waals surface area contributed by atoms with Crippen molar-refractivity contribution in [2.24, 2.45) is 0 Å². The van der Waals surface area contributed by atoms with Crippen molar-refractivity contribution < 1.29 is 9.18 Å². The Hall–Kier alpha value is -2.99. The Bertz CT molecular complexity index is 1120. The fourth-order valence-electron chi connectivity index (χ4n) is 4.00. The molecule has 4 rings (SSSR count).